The first-order valence-electron chi connectivity index (χ1n) is 9.87. The molecule has 0 unspecified atom stereocenters. The molecule has 1 aliphatic heterocycles. The van der Waals surface area contributed by atoms with Crippen LogP contribution in [0.1, 0.15) is 25.7 Å². The summed E-state index contributed by atoms with van der Waals surface area (Å²) in [6.07, 6.45) is 3.82. The highest BCUT2D eigenvalue weighted by Gasteiger charge is 2.32. The number of anilines is 1. The number of hydrogen-bond acceptors (Lipinski definition) is 7. The number of nitro groups is 1. The van der Waals surface area contributed by atoms with E-state index in [0.717, 1.165) is 37.8 Å². The summed E-state index contributed by atoms with van der Waals surface area (Å²) in [5, 5.41) is 10.9. The van der Waals surface area contributed by atoms with Gasteiger partial charge in [-0.1, -0.05) is 18.9 Å². The highest BCUT2D eigenvalue weighted by molar-refractivity contribution is 7.91. The van der Waals surface area contributed by atoms with Gasteiger partial charge < -0.3 is 9.32 Å². The summed E-state index contributed by atoms with van der Waals surface area (Å²) in [5.41, 5.74) is 0.140. The van der Waals surface area contributed by atoms with Crippen LogP contribution in [0.25, 0.3) is 11.5 Å². The number of nitrogens with zero attached hydrogens (tertiary/aromatic N) is 3. The summed E-state index contributed by atoms with van der Waals surface area (Å²) in [4.78, 5) is 16.6. The molecule has 0 aliphatic carbocycles. The first-order valence-corrected chi connectivity index (χ1v) is 11.4. The van der Waals surface area contributed by atoms with Crippen LogP contribution in [0.4, 0.5) is 16.0 Å². The van der Waals surface area contributed by atoms with Gasteiger partial charge >= 0.3 is 0 Å². The van der Waals surface area contributed by atoms with Gasteiger partial charge in [-0.3, -0.25) is 10.1 Å². The molecule has 0 atom stereocenters. The highest BCUT2D eigenvalue weighted by Crippen LogP contribution is 2.36. The Labute approximate surface area is 178 Å². The third-order valence-corrected chi connectivity index (χ3v) is 6.82. The summed E-state index contributed by atoms with van der Waals surface area (Å²) >= 11 is 0. The predicted molar refractivity (Wildman–Crippen MR) is 111 cm³/mol. The Kier molecular flexibility index (Phi) is 5.73. The van der Waals surface area contributed by atoms with Crippen molar-refractivity contribution in [3.05, 3.63) is 64.5 Å². The quantitative estimate of drug-likeness (QED) is 0.321. The van der Waals surface area contributed by atoms with Gasteiger partial charge in [-0.25, -0.2) is 12.8 Å². The average molecular weight is 445 g/mol. The molecule has 2 heterocycles. The van der Waals surface area contributed by atoms with Crippen molar-refractivity contribution in [3.8, 4) is 11.5 Å². The van der Waals surface area contributed by atoms with Crippen LogP contribution in [0, 0.1) is 15.9 Å². The molecule has 2 aromatic carbocycles. The lowest BCUT2D eigenvalue weighted by molar-refractivity contribution is -0.384. The second-order valence-corrected chi connectivity index (χ2v) is 9.16. The molecule has 1 aliphatic rings. The van der Waals surface area contributed by atoms with Gasteiger partial charge in [0.25, 0.3) is 5.69 Å². The van der Waals surface area contributed by atoms with E-state index >= 15 is 0 Å². The monoisotopic (exact) mass is 445 g/mol. The molecule has 10 heteroatoms. The zero-order chi connectivity index (χ0) is 22.0. The molecule has 0 amide bonds. The number of nitro benzene ring substituents is 1. The first kappa shape index (κ1) is 21.0. The van der Waals surface area contributed by atoms with Crippen molar-refractivity contribution in [2.75, 3.05) is 18.0 Å². The van der Waals surface area contributed by atoms with E-state index in [2.05, 4.69) is 4.98 Å². The highest BCUT2D eigenvalue weighted by atomic mass is 32.2. The van der Waals surface area contributed by atoms with Gasteiger partial charge in [0.1, 0.15) is 5.82 Å². The topological polar surface area (TPSA) is 107 Å². The fourth-order valence-corrected chi connectivity index (χ4v) is 4.87. The second-order valence-electron chi connectivity index (χ2n) is 7.30. The van der Waals surface area contributed by atoms with E-state index in [9.17, 15) is 22.9 Å². The Morgan fingerprint density at radius 3 is 2.35 bits per heavy atom. The van der Waals surface area contributed by atoms with Crippen molar-refractivity contribution in [2.45, 2.75) is 35.6 Å². The van der Waals surface area contributed by atoms with Crippen LogP contribution < -0.4 is 4.90 Å². The Hall–Kier alpha value is -3.27. The number of halogens is 1. The third kappa shape index (κ3) is 4.29. The molecule has 162 valence electrons. The molecule has 1 fully saturated rings. The van der Waals surface area contributed by atoms with Crippen LogP contribution in [0.2, 0.25) is 0 Å². The number of rotatable bonds is 5. The van der Waals surface area contributed by atoms with Gasteiger partial charge in [-0.15, -0.1) is 0 Å². The van der Waals surface area contributed by atoms with Crippen molar-refractivity contribution in [2.24, 2.45) is 0 Å². The standard InChI is InChI=1S/C21H20FN3O5S/c22-16-8-10-18(11-9-16)31(28,29)20-21(24-12-3-1-2-4-13-24)30-19(23-20)15-6-5-7-17(14-15)25(26)27/h5-11,14H,1-4,12-13H2. The summed E-state index contributed by atoms with van der Waals surface area (Å²) < 4.78 is 45.9. The first-order chi connectivity index (χ1) is 14.9. The Morgan fingerprint density at radius 2 is 1.71 bits per heavy atom. The summed E-state index contributed by atoms with van der Waals surface area (Å²) in [7, 11) is -4.11. The number of oxazole rings is 1. The van der Waals surface area contributed by atoms with Crippen molar-refractivity contribution < 1.29 is 22.1 Å². The van der Waals surface area contributed by atoms with Crippen molar-refractivity contribution in [3.63, 3.8) is 0 Å². The molecule has 4 rings (SSSR count). The van der Waals surface area contributed by atoms with Crippen LogP contribution in [0.5, 0.6) is 0 Å². The predicted octanol–water partition coefficient (Wildman–Crippen LogP) is 4.60. The van der Waals surface area contributed by atoms with Crippen LogP contribution >= 0.6 is 0 Å². The van der Waals surface area contributed by atoms with Gasteiger partial charge in [0, 0.05) is 30.8 Å². The molecule has 1 saturated heterocycles. The Morgan fingerprint density at radius 1 is 1.03 bits per heavy atom. The lowest BCUT2D eigenvalue weighted by Gasteiger charge is -2.20. The van der Waals surface area contributed by atoms with Crippen LogP contribution in [0.15, 0.2) is 62.9 Å². The Balaban J connectivity index is 1.85. The molecule has 1 aromatic heterocycles. The van der Waals surface area contributed by atoms with Gasteiger partial charge in [-0.2, -0.15) is 4.98 Å². The zero-order valence-corrected chi connectivity index (χ0v) is 17.3. The van der Waals surface area contributed by atoms with E-state index in [1.165, 1.54) is 30.3 Å². The van der Waals surface area contributed by atoms with Gasteiger partial charge in [0.05, 0.1) is 9.82 Å². The van der Waals surface area contributed by atoms with Gasteiger partial charge in [-0.05, 0) is 43.2 Å². The van der Waals surface area contributed by atoms with Gasteiger partial charge in [0.15, 0.2) is 0 Å². The molecule has 0 radical (unpaired) electrons. The maximum atomic E-state index is 13.3. The SMILES string of the molecule is O=[N+]([O-])c1cccc(-c2nc(S(=O)(=O)c3ccc(F)cc3)c(N3CCCCCC3)o2)c1. The second kappa shape index (κ2) is 8.46. The lowest BCUT2D eigenvalue weighted by Crippen LogP contribution is -2.25. The van der Waals surface area contributed by atoms with E-state index in [-0.39, 0.29) is 27.4 Å². The van der Waals surface area contributed by atoms with Crippen molar-refractivity contribution >= 4 is 21.4 Å². The number of hydrogen-bond donors (Lipinski definition) is 0. The lowest BCUT2D eigenvalue weighted by atomic mass is 10.2. The zero-order valence-electron chi connectivity index (χ0n) is 16.5. The third-order valence-electron chi connectivity index (χ3n) is 5.16. The maximum absolute atomic E-state index is 13.3. The molecular weight excluding hydrogens is 425 g/mol. The van der Waals surface area contributed by atoms with E-state index in [1.54, 1.807) is 6.07 Å². The molecular formula is C21H20FN3O5S. The maximum Gasteiger partial charge on any atom is 0.270 e. The van der Waals surface area contributed by atoms with E-state index in [4.69, 9.17) is 4.42 Å². The number of benzene rings is 2. The Bertz CT molecular complexity index is 1200. The van der Waals surface area contributed by atoms with Crippen molar-refractivity contribution in [1.29, 1.82) is 0 Å². The van der Waals surface area contributed by atoms with E-state index < -0.39 is 20.6 Å². The normalized spacial score (nSPS) is 14.9. The smallest absolute Gasteiger partial charge is 0.270 e. The minimum atomic E-state index is -4.11. The van der Waals surface area contributed by atoms with Gasteiger partial charge in [0.2, 0.25) is 26.6 Å². The fourth-order valence-electron chi connectivity index (χ4n) is 3.55. The molecule has 0 bridgehead atoms. The number of sulfone groups is 1. The molecule has 0 saturated carbocycles. The van der Waals surface area contributed by atoms with Crippen LogP contribution in [-0.4, -0.2) is 31.4 Å². The minimum absolute atomic E-state index is 0.0244. The fraction of sp³-hybridized carbons (Fsp3) is 0.286. The van der Waals surface area contributed by atoms with Crippen LogP contribution in [-0.2, 0) is 9.84 Å². The summed E-state index contributed by atoms with van der Waals surface area (Å²) in [6.45, 7) is 1.21. The summed E-state index contributed by atoms with van der Waals surface area (Å²) in [5.74, 6) is -0.472. The van der Waals surface area contributed by atoms with Crippen LogP contribution in [0.3, 0.4) is 0 Å². The average Bonchev–Trinajstić information content (AvgIpc) is 3.04. The molecule has 0 N–H and O–H groups in total. The molecule has 0 spiro atoms. The molecule has 31 heavy (non-hydrogen) atoms. The molecule has 3 aromatic rings. The molecule has 8 nitrogen and oxygen atoms in total. The van der Waals surface area contributed by atoms with E-state index in [1.807, 2.05) is 4.90 Å². The summed E-state index contributed by atoms with van der Waals surface area (Å²) in [6, 6.07) is 10.2. The van der Waals surface area contributed by atoms with Crippen molar-refractivity contribution in [1.82, 2.24) is 4.98 Å². The minimum Gasteiger partial charge on any atom is -0.419 e. The largest absolute Gasteiger partial charge is 0.419 e. The number of non-ortho nitro benzene ring substituents is 1. The number of aromatic nitrogens is 1. The van der Waals surface area contributed by atoms with E-state index in [0.29, 0.717) is 18.7 Å².